The van der Waals surface area contributed by atoms with Crippen molar-refractivity contribution >= 4 is 5.97 Å². The normalized spacial score (nSPS) is 10.6. The average Bonchev–Trinajstić information content (AvgIpc) is 2.33. The number of ether oxygens (including phenoxy) is 2. The highest BCUT2D eigenvalue weighted by Crippen LogP contribution is 2.24. The smallest absolute Gasteiger partial charge is 0.319 e. The van der Waals surface area contributed by atoms with E-state index in [0.717, 1.165) is 22.6 Å². The summed E-state index contributed by atoms with van der Waals surface area (Å²) in [5.41, 5.74) is 2.92. The van der Waals surface area contributed by atoms with E-state index in [1.165, 1.54) is 7.11 Å². The molecule has 5 nitrogen and oxygen atoms in total. The van der Waals surface area contributed by atoms with E-state index < -0.39 is 0 Å². The Morgan fingerprint density at radius 2 is 2.06 bits per heavy atom. The molecule has 0 aromatic carbocycles. The highest BCUT2D eigenvalue weighted by atomic mass is 16.5. The van der Waals surface area contributed by atoms with Crippen LogP contribution in [0.4, 0.5) is 0 Å². The van der Waals surface area contributed by atoms with Gasteiger partial charge in [-0.25, -0.2) is 0 Å². The first-order valence-corrected chi connectivity index (χ1v) is 5.74. The molecule has 0 radical (unpaired) electrons. The topological polar surface area (TPSA) is 51.7 Å². The van der Waals surface area contributed by atoms with Crippen LogP contribution in [0.2, 0.25) is 0 Å². The Labute approximate surface area is 108 Å². The van der Waals surface area contributed by atoms with Gasteiger partial charge in [-0.1, -0.05) is 0 Å². The summed E-state index contributed by atoms with van der Waals surface area (Å²) in [5, 5.41) is 0. The third-order valence-corrected chi connectivity index (χ3v) is 2.80. The number of aromatic nitrogens is 1. The highest BCUT2D eigenvalue weighted by Gasteiger charge is 2.13. The predicted molar refractivity (Wildman–Crippen MR) is 68.6 cm³/mol. The van der Waals surface area contributed by atoms with Gasteiger partial charge in [0.15, 0.2) is 0 Å². The van der Waals surface area contributed by atoms with Crippen LogP contribution >= 0.6 is 0 Å². The molecule has 0 fully saturated rings. The molecule has 1 rings (SSSR count). The van der Waals surface area contributed by atoms with E-state index in [2.05, 4.69) is 9.72 Å². The molecule has 100 valence electrons. The summed E-state index contributed by atoms with van der Waals surface area (Å²) in [6.07, 6.45) is 1.78. The molecule has 0 N–H and O–H groups in total. The number of nitrogens with zero attached hydrogens (tertiary/aromatic N) is 2. The van der Waals surface area contributed by atoms with Crippen LogP contribution in [0.3, 0.4) is 0 Å². The van der Waals surface area contributed by atoms with Gasteiger partial charge in [0.2, 0.25) is 0 Å². The maximum absolute atomic E-state index is 11.2. The first kappa shape index (κ1) is 14.4. The minimum absolute atomic E-state index is 0.244. The molecule has 0 atom stereocenters. The van der Waals surface area contributed by atoms with Crippen molar-refractivity contribution in [1.82, 2.24) is 9.88 Å². The zero-order valence-corrected chi connectivity index (χ0v) is 11.6. The van der Waals surface area contributed by atoms with Gasteiger partial charge in [0.1, 0.15) is 5.75 Å². The van der Waals surface area contributed by atoms with Crippen LogP contribution in [0, 0.1) is 13.8 Å². The molecule has 0 bridgehead atoms. The molecule has 0 amide bonds. The summed E-state index contributed by atoms with van der Waals surface area (Å²) in [6.45, 7) is 4.76. The number of rotatable bonds is 5. The molecule has 1 aromatic heterocycles. The van der Waals surface area contributed by atoms with E-state index in [1.54, 1.807) is 13.3 Å². The number of pyridine rings is 1. The lowest BCUT2D eigenvalue weighted by atomic mass is 10.1. The molecule has 0 saturated carbocycles. The van der Waals surface area contributed by atoms with Gasteiger partial charge in [-0.2, -0.15) is 0 Å². The number of hydrogen-bond donors (Lipinski definition) is 0. The van der Waals surface area contributed by atoms with Crippen LogP contribution in [0.1, 0.15) is 16.8 Å². The molecule has 0 aliphatic heterocycles. The van der Waals surface area contributed by atoms with Gasteiger partial charge in [0.25, 0.3) is 0 Å². The second kappa shape index (κ2) is 6.35. The molecule has 18 heavy (non-hydrogen) atoms. The second-order valence-electron chi connectivity index (χ2n) is 4.29. The van der Waals surface area contributed by atoms with E-state index in [-0.39, 0.29) is 12.5 Å². The molecule has 0 unspecified atom stereocenters. The molecule has 0 spiro atoms. The van der Waals surface area contributed by atoms with Crippen LogP contribution in [-0.2, 0) is 16.1 Å². The van der Waals surface area contributed by atoms with Crippen LogP contribution in [0.25, 0.3) is 0 Å². The zero-order valence-electron chi connectivity index (χ0n) is 11.6. The molecule has 1 heterocycles. The van der Waals surface area contributed by atoms with Crippen LogP contribution in [-0.4, -0.2) is 43.7 Å². The largest absolute Gasteiger partial charge is 0.496 e. The molecule has 1 aromatic rings. The molecule has 5 heteroatoms. The number of esters is 1. The van der Waals surface area contributed by atoms with Gasteiger partial charge in [-0.05, 0) is 20.9 Å². The molecule has 0 aliphatic rings. The number of aryl methyl sites for hydroxylation is 1. The molecule has 0 aliphatic carbocycles. The monoisotopic (exact) mass is 252 g/mol. The Morgan fingerprint density at radius 1 is 1.39 bits per heavy atom. The van der Waals surface area contributed by atoms with Gasteiger partial charge in [-0.3, -0.25) is 14.7 Å². The Morgan fingerprint density at radius 3 is 2.61 bits per heavy atom. The van der Waals surface area contributed by atoms with Crippen molar-refractivity contribution in [2.24, 2.45) is 0 Å². The van der Waals surface area contributed by atoms with E-state index in [9.17, 15) is 4.79 Å². The molecular weight excluding hydrogens is 232 g/mol. The lowest BCUT2D eigenvalue weighted by molar-refractivity contribution is -0.141. The summed E-state index contributed by atoms with van der Waals surface area (Å²) < 4.78 is 9.98. The molecule has 0 saturated heterocycles. The summed E-state index contributed by atoms with van der Waals surface area (Å²) in [7, 11) is 4.89. The summed E-state index contributed by atoms with van der Waals surface area (Å²) >= 11 is 0. The Balaban J connectivity index is 2.82. The molecular formula is C13H20N2O3. The first-order chi connectivity index (χ1) is 8.49. The van der Waals surface area contributed by atoms with Crippen molar-refractivity contribution in [2.45, 2.75) is 20.4 Å². The SMILES string of the molecule is COC(=O)CN(C)Cc1ncc(C)c(OC)c1C. The number of hydrogen-bond acceptors (Lipinski definition) is 5. The van der Waals surface area contributed by atoms with E-state index in [1.807, 2.05) is 25.8 Å². The summed E-state index contributed by atoms with van der Waals surface area (Å²) in [6, 6.07) is 0. The minimum atomic E-state index is -0.255. The van der Waals surface area contributed by atoms with Crippen molar-refractivity contribution in [2.75, 3.05) is 27.8 Å². The van der Waals surface area contributed by atoms with Gasteiger partial charge in [0.05, 0.1) is 26.5 Å². The van der Waals surface area contributed by atoms with Crippen molar-refractivity contribution < 1.29 is 14.3 Å². The Hall–Kier alpha value is -1.62. The van der Waals surface area contributed by atoms with E-state index in [4.69, 9.17) is 4.74 Å². The Kier molecular flexibility index (Phi) is 5.09. The van der Waals surface area contributed by atoms with Gasteiger partial charge >= 0.3 is 5.97 Å². The van der Waals surface area contributed by atoms with E-state index in [0.29, 0.717) is 6.54 Å². The second-order valence-corrected chi connectivity index (χ2v) is 4.29. The van der Waals surface area contributed by atoms with Crippen molar-refractivity contribution in [1.29, 1.82) is 0 Å². The fourth-order valence-corrected chi connectivity index (χ4v) is 1.83. The standard InChI is InChI=1S/C13H20N2O3/c1-9-6-14-11(10(2)13(9)18-5)7-15(3)8-12(16)17-4/h6H,7-8H2,1-5H3. The minimum Gasteiger partial charge on any atom is -0.496 e. The lowest BCUT2D eigenvalue weighted by Gasteiger charge is -2.17. The van der Waals surface area contributed by atoms with Gasteiger partial charge in [-0.15, -0.1) is 0 Å². The number of carbonyl (C=O) groups excluding carboxylic acids is 1. The average molecular weight is 252 g/mol. The summed E-state index contributed by atoms with van der Waals surface area (Å²) in [4.78, 5) is 17.4. The quantitative estimate of drug-likeness (QED) is 0.740. The third kappa shape index (κ3) is 3.43. The van der Waals surface area contributed by atoms with Crippen molar-refractivity contribution in [3.63, 3.8) is 0 Å². The predicted octanol–water partition coefficient (Wildman–Crippen LogP) is 1.31. The van der Waals surface area contributed by atoms with Gasteiger partial charge in [0, 0.05) is 23.9 Å². The maximum atomic E-state index is 11.2. The Bertz CT molecular complexity index is 432. The highest BCUT2D eigenvalue weighted by molar-refractivity contribution is 5.71. The van der Waals surface area contributed by atoms with E-state index >= 15 is 0 Å². The summed E-state index contributed by atoms with van der Waals surface area (Å²) in [5.74, 6) is 0.598. The maximum Gasteiger partial charge on any atom is 0.319 e. The van der Waals surface area contributed by atoms with Gasteiger partial charge < -0.3 is 9.47 Å². The number of methoxy groups -OCH3 is 2. The zero-order chi connectivity index (χ0) is 13.7. The lowest BCUT2D eigenvalue weighted by Crippen LogP contribution is -2.27. The number of likely N-dealkylation sites (N-methyl/N-ethyl adjacent to an activating group) is 1. The first-order valence-electron chi connectivity index (χ1n) is 5.74. The van der Waals surface area contributed by atoms with Crippen molar-refractivity contribution in [3.05, 3.63) is 23.0 Å². The fourth-order valence-electron chi connectivity index (χ4n) is 1.83. The van der Waals surface area contributed by atoms with Crippen LogP contribution < -0.4 is 4.74 Å². The van der Waals surface area contributed by atoms with Crippen LogP contribution in [0.5, 0.6) is 5.75 Å². The fraction of sp³-hybridized carbons (Fsp3) is 0.538. The third-order valence-electron chi connectivity index (χ3n) is 2.80. The number of carbonyl (C=O) groups is 1. The van der Waals surface area contributed by atoms with Crippen LogP contribution in [0.15, 0.2) is 6.20 Å². The van der Waals surface area contributed by atoms with Crippen molar-refractivity contribution in [3.8, 4) is 5.75 Å².